The van der Waals surface area contributed by atoms with Gasteiger partial charge in [0.05, 0.1) is 12.2 Å². The number of aliphatic hydroxyl groups is 1. The Bertz CT molecular complexity index is 1190. The molecule has 0 spiro atoms. The van der Waals surface area contributed by atoms with Crippen molar-refractivity contribution in [3.63, 3.8) is 0 Å². The van der Waals surface area contributed by atoms with E-state index in [1.807, 2.05) is 26.0 Å². The lowest BCUT2D eigenvalue weighted by Crippen LogP contribution is -2.62. The van der Waals surface area contributed by atoms with E-state index < -0.39 is 11.2 Å². The zero-order chi connectivity index (χ0) is 25.6. The zero-order valence-electron chi connectivity index (χ0n) is 21.7. The highest BCUT2D eigenvalue weighted by Gasteiger charge is 2.61. The molecule has 35 heavy (non-hydrogen) atoms. The number of fused-ring (bicyclic) bond motifs is 2. The maximum atomic E-state index is 12.5. The lowest BCUT2D eigenvalue weighted by atomic mass is 9.45. The topological polar surface area (TPSA) is 86.0 Å². The third-order valence-electron chi connectivity index (χ3n) is 8.97. The van der Waals surface area contributed by atoms with E-state index in [4.69, 9.17) is 13.9 Å². The molecule has 0 saturated heterocycles. The minimum absolute atomic E-state index is 0.111. The molecule has 2 aliphatic rings. The van der Waals surface area contributed by atoms with Crippen LogP contribution in [-0.2, 0) is 9.53 Å². The van der Waals surface area contributed by atoms with Gasteiger partial charge in [-0.05, 0) is 76.0 Å². The van der Waals surface area contributed by atoms with Gasteiger partial charge in [0.2, 0.25) is 0 Å². The van der Waals surface area contributed by atoms with Crippen LogP contribution in [0.1, 0.15) is 67.2 Å². The number of allylic oxidation sites excluding steroid dienone is 1. The summed E-state index contributed by atoms with van der Waals surface area (Å²) in [6.45, 7) is 12.5. The molecule has 2 aliphatic carbocycles. The minimum atomic E-state index is -0.879. The second-order valence-corrected chi connectivity index (χ2v) is 11.5. The molecule has 0 bridgehead atoms. The predicted molar refractivity (Wildman–Crippen MR) is 135 cm³/mol. The Morgan fingerprint density at radius 1 is 1.14 bits per heavy atom. The maximum Gasteiger partial charge on any atom is 0.336 e. The fourth-order valence-corrected chi connectivity index (χ4v) is 6.73. The summed E-state index contributed by atoms with van der Waals surface area (Å²) in [6, 6.07) is 8.60. The third-order valence-corrected chi connectivity index (χ3v) is 8.97. The molecule has 6 nitrogen and oxygen atoms in total. The third kappa shape index (κ3) is 4.65. The number of ether oxygens (including phenoxy) is 2. The minimum Gasteiger partial charge on any atom is -0.493 e. The van der Waals surface area contributed by atoms with Crippen LogP contribution in [0.4, 0.5) is 0 Å². The number of hydrogen-bond donors (Lipinski definition) is 1. The summed E-state index contributed by atoms with van der Waals surface area (Å²) in [5, 5.41) is 12.3. The van der Waals surface area contributed by atoms with Gasteiger partial charge in [-0.1, -0.05) is 26.8 Å². The first-order valence-corrected chi connectivity index (χ1v) is 12.6. The molecule has 0 aliphatic heterocycles. The van der Waals surface area contributed by atoms with Gasteiger partial charge in [-0.2, -0.15) is 0 Å². The van der Waals surface area contributed by atoms with Crippen molar-refractivity contribution in [2.24, 2.45) is 22.7 Å². The predicted octanol–water partition coefficient (Wildman–Crippen LogP) is 5.65. The van der Waals surface area contributed by atoms with Crippen molar-refractivity contribution in [3.8, 4) is 5.75 Å². The van der Waals surface area contributed by atoms with Gasteiger partial charge in [0.25, 0.3) is 0 Å². The smallest absolute Gasteiger partial charge is 0.336 e. The highest BCUT2D eigenvalue weighted by Crippen LogP contribution is 2.62. The maximum absolute atomic E-state index is 12.5. The number of esters is 1. The lowest BCUT2D eigenvalue weighted by molar-refractivity contribution is -0.210. The van der Waals surface area contributed by atoms with Crippen LogP contribution in [0.25, 0.3) is 11.0 Å². The summed E-state index contributed by atoms with van der Waals surface area (Å²) in [6.07, 6.45) is 4.72. The monoisotopic (exact) mass is 482 g/mol. The van der Waals surface area contributed by atoms with Crippen molar-refractivity contribution in [2.45, 2.75) is 78.9 Å². The second kappa shape index (κ2) is 9.12. The molecular formula is C29H38O6. The van der Waals surface area contributed by atoms with E-state index in [9.17, 15) is 14.7 Å². The van der Waals surface area contributed by atoms with Crippen LogP contribution >= 0.6 is 0 Å². The molecule has 5 atom stereocenters. The number of carbonyl (C=O) groups excluding carboxylic acids is 1. The summed E-state index contributed by atoms with van der Waals surface area (Å²) in [7, 11) is 0. The number of hydrogen-bond acceptors (Lipinski definition) is 6. The summed E-state index contributed by atoms with van der Waals surface area (Å²) >= 11 is 0. The first-order valence-electron chi connectivity index (χ1n) is 12.6. The van der Waals surface area contributed by atoms with Gasteiger partial charge in [-0.25, -0.2) is 9.59 Å². The molecule has 1 heterocycles. The van der Waals surface area contributed by atoms with Crippen LogP contribution < -0.4 is 10.4 Å². The summed E-state index contributed by atoms with van der Waals surface area (Å²) in [5.74, 6) is 0.508. The normalized spacial score (nSPS) is 32.7. The molecule has 1 aromatic carbocycles. The Kier molecular flexibility index (Phi) is 6.64. The standard InChI is InChI=1S/C29H38O6/c1-7-18(2)26(31)35-24-13-14-28(5)22(27(24,3)4)12-15-29(6,32)23(28)17-33-20-10-8-19-9-11-25(30)34-21(19)16-20/h7-11,16,22-24,32H,12-15,17H2,1-6H3/t22-,23-,24-,28-,29-/m1/s1. The van der Waals surface area contributed by atoms with E-state index in [0.29, 0.717) is 29.9 Å². The molecule has 6 heteroatoms. The van der Waals surface area contributed by atoms with Crippen molar-refractivity contribution >= 4 is 16.9 Å². The Balaban J connectivity index is 1.57. The van der Waals surface area contributed by atoms with Crippen LogP contribution in [0.3, 0.4) is 0 Å². The molecule has 0 amide bonds. The highest BCUT2D eigenvalue weighted by atomic mass is 16.5. The van der Waals surface area contributed by atoms with Crippen LogP contribution in [0, 0.1) is 22.7 Å². The molecule has 4 rings (SSSR count). The van der Waals surface area contributed by atoms with Crippen LogP contribution in [-0.4, -0.2) is 29.4 Å². The van der Waals surface area contributed by atoms with Crippen molar-refractivity contribution in [1.82, 2.24) is 0 Å². The van der Waals surface area contributed by atoms with Crippen molar-refractivity contribution < 1.29 is 23.8 Å². The molecule has 0 unspecified atom stereocenters. The Labute approximate surface area is 207 Å². The molecule has 2 aromatic rings. The number of carbonyl (C=O) groups is 1. The van der Waals surface area contributed by atoms with Gasteiger partial charge >= 0.3 is 11.6 Å². The summed E-state index contributed by atoms with van der Waals surface area (Å²) < 4.78 is 17.5. The first-order chi connectivity index (χ1) is 16.4. The summed E-state index contributed by atoms with van der Waals surface area (Å²) in [4.78, 5) is 24.2. The van der Waals surface area contributed by atoms with E-state index in [2.05, 4.69) is 20.8 Å². The molecule has 2 saturated carbocycles. The Hall–Kier alpha value is -2.60. The Morgan fingerprint density at radius 2 is 1.86 bits per heavy atom. The molecule has 0 radical (unpaired) electrons. The average molecular weight is 483 g/mol. The Morgan fingerprint density at radius 3 is 2.57 bits per heavy atom. The molecule has 190 valence electrons. The van der Waals surface area contributed by atoms with Gasteiger partial charge in [0.1, 0.15) is 17.4 Å². The largest absolute Gasteiger partial charge is 0.493 e. The van der Waals surface area contributed by atoms with Crippen LogP contribution in [0.2, 0.25) is 0 Å². The molecule has 1 aromatic heterocycles. The van der Waals surface area contributed by atoms with Crippen molar-refractivity contribution in [2.75, 3.05) is 6.61 Å². The van der Waals surface area contributed by atoms with E-state index in [-0.39, 0.29) is 34.7 Å². The quantitative estimate of drug-likeness (QED) is 0.337. The van der Waals surface area contributed by atoms with Gasteiger partial charge in [0, 0.05) is 34.4 Å². The van der Waals surface area contributed by atoms with Crippen LogP contribution in [0.15, 0.2) is 51.2 Å². The van der Waals surface area contributed by atoms with Gasteiger partial charge < -0.3 is 19.0 Å². The summed E-state index contributed by atoms with van der Waals surface area (Å²) in [5.41, 5.74) is -0.599. The fourth-order valence-electron chi connectivity index (χ4n) is 6.73. The van der Waals surface area contributed by atoms with Crippen molar-refractivity contribution in [1.29, 1.82) is 0 Å². The lowest BCUT2D eigenvalue weighted by Gasteiger charge is -2.62. The van der Waals surface area contributed by atoms with Crippen molar-refractivity contribution in [3.05, 3.63) is 52.4 Å². The average Bonchev–Trinajstić information content (AvgIpc) is 2.79. The highest BCUT2D eigenvalue weighted by molar-refractivity contribution is 5.87. The molecule has 2 fully saturated rings. The first kappa shape index (κ1) is 25.5. The molecular weight excluding hydrogens is 444 g/mol. The number of benzene rings is 1. The van der Waals surface area contributed by atoms with E-state index in [1.165, 1.54) is 6.07 Å². The van der Waals surface area contributed by atoms with Crippen LogP contribution in [0.5, 0.6) is 5.75 Å². The second-order valence-electron chi connectivity index (χ2n) is 11.5. The van der Waals surface area contributed by atoms with E-state index in [1.54, 1.807) is 25.1 Å². The van der Waals surface area contributed by atoms with E-state index in [0.717, 1.165) is 24.6 Å². The van der Waals surface area contributed by atoms with E-state index >= 15 is 0 Å². The SMILES string of the molecule is CC=C(C)C(=O)O[C@@H]1CC[C@]2(C)[C@H](CC[C@@](C)(O)[C@@H]2COc2ccc3ccc(=O)oc3c2)C1(C)C. The number of rotatable bonds is 5. The zero-order valence-corrected chi connectivity index (χ0v) is 21.7. The van der Waals surface area contributed by atoms with Gasteiger partial charge in [-0.15, -0.1) is 0 Å². The van der Waals surface area contributed by atoms with Gasteiger partial charge in [-0.3, -0.25) is 0 Å². The van der Waals surface area contributed by atoms with Gasteiger partial charge in [0.15, 0.2) is 0 Å². The molecule has 1 N–H and O–H groups in total. The fraction of sp³-hybridized carbons (Fsp3) is 0.586.